The Morgan fingerprint density at radius 3 is 0.936 bits per heavy atom. The summed E-state index contributed by atoms with van der Waals surface area (Å²) >= 11 is 0. The summed E-state index contributed by atoms with van der Waals surface area (Å²) in [5.74, 6) is 1.83. The van der Waals surface area contributed by atoms with Crippen LogP contribution < -0.4 is 42.6 Å². The lowest BCUT2D eigenvalue weighted by molar-refractivity contribution is 0.590. The topological polar surface area (TPSA) is 6.48 Å². The van der Waals surface area contributed by atoms with Gasteiger partial charge in [-0.25, -0.2) is 0 Å². The smallest absolute Gasteiger partial charge is 0.248 e. The summed E-state index contributed by atoms with van der Waals surface area (Å²) in [7, 11) is 0. The summed E-state index contributed by atoms with van der Waals surface area (Å²) < 4.78 is 0. The fraction of sp³-hybridized carbons (Fsp3) is 0.289. The molecule has 0 fully saturated rings. The van der Waals surface area contributed by atoms with Gasteiger partial charge in [0.1, 0.15) is 0 Å². The largest absolute Gasteiger partial charge is 0.311 e. The second-order valence-corrected chi connectivity index (χ2v) is 32.3. The fourth-order valence-corrected chi connectivity index (χ4v) is 17.5. The maximum atomic E-state index is 2.78. The number of hydrogen-bond acceptors (Lipinski definition) is 2. The Bertz CT molecular complexity index is 4740. The molecule has 0 unspecified atom stereocenters. The Hall–Kier alpha value is -8.59. The van der Waals surface area contributed by atoms with E-state index >= 15 is 0 Å². The van der Waals surface area contributed by atoms with E-state index in [1.165, 1.54) is 188 Å². The minimum absolute atomic E-state index is 0.0490. The van der Waals surface area contributed by atoms with Gasteiger partial charge in [-0.15, -0.1) is 0 Å². The van der Waals surface area contributed by atoms with Crippen LogP contribution in [-0.4, -0.2) is 13.4 Å². The normalized spacial score (nSPS) is 13.9. The number of nitrogens with zero attached hydrogens (tertiary/aromatic N) is 2. The molecule has 0 N–H and O–H groups in total. The number of para-hydroxylation sites is 4. The van der Waals surface area contributed by atoms with Crippen LogP contribution in [0.15, 0.2) is 182 Å². The molecule has 4 heterocycles. The van der Waals surface area contributed by atoms with Crippen molar-refractivity contribution >= 4 is 113 Å². The summed E-state index contributed by atoms with van der Waals surface area (Å²) in [4.78, 5) is 5.21. The lowest BCUT2D eigenvalue weighted by Gasteiger charge is -2.43. The van der Waals surface area contributed by atoms with E-state index in [4.69, 9.17) is 0 Å². The molecular weight excluding hydrogens is 1130 g/mol. The van der Waals surface area contributed by atoms with Gasteiger partial charge in [0.2, 0.25) is 13.4 Å². The van der Waals surface area contributed by atoms with Crippen molar-refractivity contribution < 1.29 is 0 Å². The molecule has 466 valence electrons. The van der Waals surface area contributed by atoms with Crippen molar-refractivity contribution in [2.24, 2.45) is 0 Å². The first kappa shape index (κ1) is 60.4. The summed E-state index contributed by atoms with van der Waals surface area (Å²) in [6, 6.07) is 73.2. The molecule has 0 aromatic heterocycles. The van der Waals surface area contributed by atoms with Gasteiger partial charge in [0, 0.05) is 34.1 Å². The Balaban J connectivity index is 1.20. The average molecular weight is 1220 g/mol. The van der Waals surface area contributed by atoms with Crippen LogP contribution >= 0.6 is 0 Å². The molecule has 0 radical (unpaired) electrons. The molecule has 2 nitrogen and oxygen atoms in total. The van der Waals surface area contributed by atoms with E-state index in [1.54, 1.807) is 0 Å². The molecule has 4 aliphatic heterocycles. The van der Waals surface area contributed by atoms with Gasteiger partial charge in [-0.3, -0.25) is 0 Å². The van der Waals surface area contributed by atoms with E-state index in [1.807, 2.05) is 0 Å². The Kier molecular flexibility index (Phi) is 13.8. The van der Waals surface area contributed by atoms with Gasteiger partial charge in [0.15, 0.2) is 0 Å². The Morgan fingerprint density at radius 1 is 0.287 bits per heavy atom. The Labute approximate surface area is 561 Å². The van der Waals surface area contributed by atoms with Gasteiger partial charge in [-0.2, -0.15) is 0 Å². The van der Waals surface area contributed by atoms with E-state index in [9.17, 15) is 0 Å². The van der Waals surface area contributed by atoms with Crippen LogP contribution in [0.3, 0.4) is 0 Å². The first-order valence-corrected chi connectivity index (χ1v) is 35.4. The minimum Gasteiger partial charge on any atom is -0.311 e. The fourth-order valence-electron chi connectivity index (χ4n) is 17.5. The maximum absolute atomic E-state index is 2.78. The van der Waals surface area contributed by atoms with Crippen LogP contribution in [0.5, 0.6) is 0 Å². The first-order chi connectivity index (χ1) is 44.9. The van der Waals surface area contributed by atoms with Crippen molar-refractivity contribution in [2.45, 2.75) is 171 Å². The van der Waals surface area contributed by atoms with E-state index in [-0.39, 0.29) is 47.9 Å². The van der Waals surface area contributed by atoms with Crippen molar-refractivity contribution in [3.8, 4) is 44.5 Å². The highest BCUT2D eigenvalue weighted by Crippen LogP contribution is 2.56. The molecule has 0 saturated heterocycles. The standard InChI is InChI=1S/C90H90B2N2/c1-49(2)55-37-61(51(5)6)81(62(38-55)52(7)8)65-45-67-71-41-57(89(13,14)15)43-79-87(71)92(74-34-26-28-36-78(74)93(79)59-29-21-19-22-30-59)76-48-70-66(82-63(53(9)10)39-56(50(3)4)40-64(82)54(11)12)46-68-72-42-58(90(16,17)18)44-80-88(72)91(75-47-69(65)85(83(67)76)86(70)84(68)75)73-33-25-27-35-77(73)94(80)60-31-23-20-24-32-60/h19-54H,1-18H3. The number of benzene rings is 12. The predicted octanol–water partition coefficient (Wildman–Crippen LogP) is 21.8. The van der Waals surface area contributed by atoms with Crippen molar-refractivity contribution in [3.05, 3.63) is 226 Å². The second kappa shape index (κ2) is 21.5. The third kappa shape index (κ3) is 8.82. The van der Waals surface area contributed by atoms with Gasteiger partial charge >= 0.3 is 0 Å². The Morgan fingerprint density at radius 2 is 0.617 bits per heavy atom. The lowest BCUT2D eigenvalue weighted by atomic mass is 9.31. The average Bonchev–Trinajstić information content (AvgIpc) is 0.664. The summed E-state index contributed by atoms with van der Waals surface area (Å²) in [6.45, 7) is 43.5. The molecular formula is C90H90B2N2. The van der Waals surface area contributed by atoms with Crippen LogP contribution in [0.1, 0.15) is 205 Å². The molecule has 0 aliphatic carbocycles. The van der Waals surface area contributed by atoms with Gasteiger partial charge in [-0.05, 0) is 250 Å². The molecule has 4 heteroatoms. The van der Waals surface area contributed by atoms with E-state index in [2.05, 4.69) is 316 Å². The van der Waals surface area contributed by atoms with Crippen LogP contribution in [0.4, 0.5) is 34.1 Å². The molecule has 4 aliphatic rings. The van der Waals surface area contributed by atoms with Gasteiger partial charge < -0.3 is 9.80 Å². The zero-order valence-electron chi connectivity index (χ0n) is 58.8. The number of hydrogen-bond donors (Lipinski definition) is 0. The molecule has 0 amide bonds. The highest BCUT2D eigenvalue weighted by molar-refractivity contribution is 7.02. The maximum Gasteiger partial charge on any atom is 0.248 e. The van der Waals surface area contributed by atoms with E-state index in [0.29, 0.717) is 11.8 Å². The quantitative estimate of drug-likeness (QED) is 0.0995. The van der Waals surface area contributed by atoms with Crippen molar-refractivity contribution in [1.82, 2.24) is 0 Å². The van der Waals surface area contributed by atoms with Crippen LogP contribution in [0.2, 0.25) is 0 Å². The molecule has 16 rings (SSSR count). The van der Waals surface area contributed by atoms with Crippen molar-refractivity contribution in [3.63, 3.8) is 0 Å². The van der Waals surface area contributed by atoms with Crippen LogP contribution in [0, 0.1) is 0 Å². The monoisotopic (exact) mass is 1220 g/mol. The number of rotatable bonds is 10. The molecule has 12 aromatic carbocycles. The third-order valence-corrected chi connectivity index (χ3v) is 22.3. The third-order valence-electron chi connectivity index (χ3n) is 22.3. The number of fused-ring (bicyclic) bond motifs is 8. The van der Waals surface area contributed by atoms with Crippen molar-refractivity contribution in [1.29, 1.82) is 0 Å². The zero-order valence-corrected chi connectivity index (χ0v) is 58.8. The molecule has 0 saturated carbocycles. The second-order valence-electron chi connectivity index (χ2n) is 32.3. The molecule has 0 spiro atoms. The molecule has 94 heavy (non-hydrogen) atoms. The van der Waals surface area contributed by atoms with Crippen LogP contribution in [0.25, 0.3) is 76.8 Å². The van der Waals surface area contributed by atoms with Gasteiger partial charge in [-0.1, -0.05) is 257 Å². The SMILES string of the molecule is CC(C)c1cc(C(C)C)c(-c2cc3c4c(cc5c(-c6c(C(C)C)cc(C(C)C)cc6C(C)C)cc6c7c(cc2c4c57)B2c4ccccc4N(c4ccccc4)c4cc(C(C)(C)C)cc-6c42)B2c4ccccc4N(c4ccccc4)c4cc(C(C)(C)C)cc-3c42)c(C(C)C)c1. The molecule has 0 atom stereocenters. The zero-order chi connectivity index (χ0) is 65.6. The predicted molar refractivity (Wildman–Crippen MR) is 413 cm³/mol. The van der Waals surface area contributed by atoms with Crippen molar-refractivity contribution in [2.75, 3.05) is 9.80 Å². The van der Waals surface area contributed by atoms with E-state index < -0.39 is 0 Å². The van der Waals surface area contributed by atoms with Crippen LogP contribution in [-0.2, 0) is 10.8 Å². The summed E-state index contributed by atoms with van der Waals surface area (Å²) in [6.07, 6.45) is 0. The van der Waals surface area contributed by atoms with Gasteiger partial charge in [0.25, 0.3) is 0 Å². The summed E-state index contributed by atoms with van der Waals surface area (Å²) in [5, 5.41) is 8.38. The van der Waals surface area contributed by atoms with Gasteiger partial charge in [0.05, 0.1) is 0 Å². The molecule has 12 aromatic rings. The number of anilines is 6. The first-order valence-electron chi connectivity index (χ1n) is 35.4. The highest BCUT2D eigenvalue weighted by Gasteiger charge is 2.47. The minimum atomic E-state index is -0.150. The summed E-state index contributed by atoms with van der Waals surface area (Å²) in [5.41, 5.74) is 37.7. The molecule has 0 bridgehead atoms. The highest BCUT2D eigenvalue weighted by atomic mass is 15.2. The van der Waals surface area contributed by atoms with E-state index in [0.717, 1.165) is 0 Å². The lowest BCUT2D eigenvalue weighted by Crippen LogP contribution is -2.60.